The Bertz CT molecular complexity index is 736. The molecule has 2 aromatic rings. The zero-order chi connectivity index (χ0) is 16.7. The third-order valence-electron chi connectivity index (χ3n) is 4.97. The van der Waals surface area contributed by atoms with Crippen LogP contribution in [0.15, 0.2) is 28.8 Å². The van der Waals surface area contributed by atoms with E-state index in [4.69, 9.17) is 9.26 Å². The minimum absolute atomic E-state index is 0.00167. The van der Waals surface area contributed by atoms with Crippen LogP contribution in [0.3, 0.4) is 0 Å². The normalized spacial score (nSPS) is 22.0. The molecule has 1 aliphatic heterocycles. The van der Waals surface area contributed by atoms with Crippen molar-refractivity contribution in [1.29, 1.82) is 0 Å². The van der Waals surface area contributed by atoms with Crippen LogP contribution in [0.5, 0.6) is 5.75 Å². The molecule has 24 heavy (non-hydrogen) atoms. The zero-order valence-corrected chi connectivity index (χ0v) is 13.9. The first-order valence-corrected chi connectivity index (χ1v) is 8.42. The van der Waals surface area contributed by atoms with Gasteiger partial charge in [-0.3, -0.25) is 4.79 Å². The van der Waals surface area contributed by atoms with Crippen LogP contribution in [-0.2, 0) is 4.79 Å². The van der Waals surface area contributed by atoms with Gasteiger partial charge in [0.15, 0.2) is 5.82 Å². The fourth-order valence-electron chi connectivity index (χ4n) is 3.25. The van der Waals surface area contributed by atoms with Crippen LogP contribution in [-0.4, -0.2) is 34.6 Å². The Morgan fingerprint density at radius 1 is 1.25 bits per heavy atom. The summed E-state index contributed by atoms with van der Waals surface area (Å²) in [7, 11) is 1.65. The van der Waals surface area contributed by atoms with Gasteiger partial charge in [-0.25, -0.2) is 0 Å². The standard InChI is InChI=1S/C18H21N3O3/c1-11(12-5-7-15(23-2)8-6-12)21-10-14(9-16(21)22)18-19-17(20-24-18)13-3-4-13/h5-8,11,13-14H,3-4,9-10H2,1-2H3. The fraction of sp³-hybridized carbons (Fsp3) is 0.500. The van der Waals surface area contributed by atoms with Gasteiger partial charge in [0.05, 0.1) is 19.1 Å². The predicted octanol–water partition coefficient (Wildman–Crippen LogP) is 3.03. The van der Waals surface area contributed by atoms with E-state index < -0.39 is 0 Å². The Kier molecular flexibility index (Phi) is 3.75. The maximum absolute atomic E-state index is 12.5. The molecule has 2 atom stereocenters. The molecule has 6 heteroatoms. The Morgan fingerprint density at radius 3 is 2.67 bits per heavy atom. The molecule has 0 radical (unpaired) electrons. The number of rotatable bonds is 5. The molecule has 2 heterocycles. The van der Waals surface area contributed by atoms with Gasteiger partial charge in [-0.1, -0.05) is 17.3 Å². The number of hydrogen-bond donors (Lipinski definition) is 0. The lowest BCUT2D eigenvalue weighted by molar-refractivity contribution is -0.129. The van der Waals surface area contributed by atoms with E-state index in [0.717, 1.165) is 30.0 Å². The van der Waals surface area contributed by atoms with Gasteiger partial charge in [0.25, 0.3) is 0 Å². The Hall–Kier alpha value is -2.37. The summed E-state index contributed by atoms with van der Waals surface area (Å²) in [5, 5.41) is 4.07. The second-order valence-corrected chi connectivity index (χ2v) is 6.66. The van der Waals surface area contributed by atoms with E-state index in [1.807, 2.05) is 36.1 Å². The van der Waals surface area contributed by atoms with Crippen molar-refractivity contribution in [3.05, 3.63) is 41.5 Å². The van der Waals surface area contributed by atoms with Crippen LogP contribution in [0.1, 0.15) is 61.3 Å². The number of likely N-dealkylation sites (tertiary alicyclic amines) is 1. The summed E-state index contributed by atoms with van der Waals surface area (Å²) in [4.78, 5) is 18.9. The molecule has 1 aromatic carbocycles. The lowest BCUT2D eigenvalue weighted by atomic mass is 10.1. The van der Waals surface area contributed by atoms with Crippen LogP contribution >= 0.6 is 0 Å². The molecule has 1 aromatic heterocycles. The van der Waals surface area contributed by atoms with Crippen molar-refractivity contribution in [3.63, 3.8) is 0 Å². The maximum Gasteiger partial charge on any atom is 0.232 e. The molecule has 1 amide bonds. The van der Waals surface area contributed by atoms with Gasteiger partial charge in [-0.05, 0) is 37.5 Å². The quantitative estimate of drug-likeness (QED) is 0.844. The first-order chi connectivity index (χ1) is 11.7. The second-order valence-electron chi connectivity index (χ2n) is 6.66. The van der Waals surface area contributed by atoms with Crippen molar-refractivity contribution in [2.75, 3.05) is 13.7 Å². The smallest absolute Gasteiger partial charge is 0.232 e. The number of amides is 1. The number of aromatic nitrogens is 2. The van der Waals surface area contributed by atoms with Crippen molar-refractivity contribution in [1.82, 2.24) is 15.0 Å². The molecule has 1 saturated heterocycles. The highest BCUT2D eigenvalue weighted by Gasteiger charge is 2.38. The van der Waals surface area contributed by atoms with Crippen molar-refractivity contribution in [2.45, 2.75) is 44.1 Å². The highest BCUT2D eigenvalue weighted by atomic mass is 16.5. The first-order valence-electron chi connectivity index (χ1n) is 8.42. The lowest BCUT2D eigenvalue weighted by Gasteiger charge is -2.25. The molecule has 2 aliphatic rings. The summed E-state index contributed by atoms with van der Waals surface area (Å²) < 4.78 is 10.6. The molecule has 0 spiro atoms. The third-order valence-corrected chi connectivity index (χ3v) is 4.97. The number of carbonyl (C=O) groups excluding carboxylic acids is 1. The molecule has 1 aliphatic carbocycles. The van der Waals surface area contributed by atoms with Crippen LogP contribution in [0.25, 0.3) is 0 Å². The van der Waals surface area contributed by atoms with Gasteiger partial charge in [-0.15, -0.1) is 0 Å². The topological polar surface area (TPSA) is 68.5 Å². The fourth-order valence-corrected chi connectivity index (χ4v) is 3.25. The molecule has 0 N–H and O–H groups in total. The minimum Gasteiger partial charge on any atom is -0.497 e. The molecular weight excluding hydrogens is 306 g/mol. The molecule has 6 nitrogen and oxygen atoms in total. The summed E-state index contributed by atoms with van der Waals surface area (Å²) in [6, 6.07) is 7.86. The molecule has 126 valence electrons. The highest BCUT2D eigenvalue weighted by molar-refractivity contribution is 5.80. The number of hydrogen-bond acceptors (Lipinski definition) is 5. The number of methoxy groups -OCH3 is 1. The van der Waals surface area contributed by atoms with Gasteiger partial charge in [0.1, 0.15) is 5.75 Å². The van der Waals surface area contributed by atoms with Gasteiger partial charge < -0.3 is 14.2 Å². The van der Waals surface area contributed by atoms with E-state index in [1.165, 1.54) is 0 Å². The maximum atomic E-state index is 12.5. The van der Waals surface area contributed by atoms with Crippen LogP contribution in [0, 0.1) is 0 Å². The Morgan fingerprint density at radius 2 is 2.00 bits per heavy atom. The van der Waals surface area contributed by atoms with Crippen molar-refractivity contribution >= 4 is 5.91 Å². The van der Waals surface area contributed by atoms with Crippen molar-refractivity contribution in [3.8, 4) is 5.75 Å². The largest absolute Gasteiger partial charge is 0.497 e. The Balaban J connectivity index is 1.47. The van der Waals surface area contributed by atoms with Gasteiger partial charge >= 0.3 is 0 Å². The summed E-state index contributed by atoms with van der Waals surface area (Å²) >= 11 is 0. The second kappa shape index (κ2) is 5.92. The number of nitrogens with zero attached hydrogens (tertiary/aromatic N) is 3. The third kappa shape index (κ3) is 2.77. The SMILES string of the molecule is COc1ccc(C(C)N2CC(c3nc(C4CC4)no3)CC2=O)cc1. The summed E-state index contributed by atoms with van der Waals surface area (Å²) in [5.74, 6) is 2.82. The van der Waals surface area contributed by atoms with E-state index in [9.17, 15) is 4.79 Å². The van der Waals surface area contributed by atoms with E-state index in [0.29, 0.717) is 24.8 Å². The van der Waals surface area contributed by atoms with Crippen LogP contribution in [0.2, 0.25) is 0 Å². The van der Waals surface area contributed by atoms with E-state index in [2.05, 4.69) is 10.1 Å². The molecule has 2 unspecified atom stereocenters. The average Bonchev–Trinajstić information content (AvgIpc) is 3.21. The van der Waals surface area contributed by atoms with Gasteiger partial charge in [0.2, 0.25) is 11.8 Å². The molecule has 4 rings (SSSR count). The zero-order valence-electron chi connectivity index (χ0n) is 13.9. The first kappa shape index (κ1) is 15.2. The monoisotopic (exact) mass is 327 g/mol. The Labute approximate surface area is 140 Å². The predicted molar refractivity (Wildman–Crippen MR) is 86.8 cm³/mol. The summed E-state index contributed by atoms with van der Waals surface area (Å²) in [5.41, 5.74) is 1.09. The van der Waals surface area contributed by atoms with Gasteiger partial charge in [-0.2, -0.15) is 4.98 Å². The molecule has 0 bridgehead atoms. The molecule has 1 saturated carbocycles. The van der Waals surface area contributed by atoms with E-state index in [-0.39, 0.29) is 17.9 Å². The lowest BCUT2D eigenvalue weighted by Crippen LogP contribution is -2.28. The van der Waals surface area contributed by atoms with Crippen molar-refractivity contribution < 1.29 is 14.1 Å². The number of ether oxygens (including phenoxy) is 1. The molecule has 2 fully saturated rings. The number of benzene rings is 1. The highest BCUT2D eigenvalue weighted by Crippen LogP contribution is 2.40. The molecular formula is C18H21N3O3. The van der Waals surface area contributed by atoms with Crippen LogP contribution < -0.4 is 4.74 Å². The van der Waals surface area contributed by atoms with Crippen LogP contribution in [0.4, 0.5) is 0 Å². The minimum atomic E-state index is -0.00167. The van der Waals surface area contributed by atoms with Gasteiger partial charge in [0, 0.05) is 18.9 Å². The summed E-state index contributed by atoms with van der Waals surface area (Å²) in [6.45, 7) is 2.67. The number of carbonyl (C=O) groups is 1. The van der Waals surface area contributed by atoms with Crippen molar-refractivity contribution in [2.24, 2.45) is 0 Å². The summed E-state index contributed by atoms with van der Waals surface area (Å²) in [6.07, 6.45) is 2.72. The van der Waals surface area contributed by atoms with E-state index in [1.54, 1.807) is 7.11 Å². The average molecular weight is 327 g/mol. The van der Waals surface area contributed by atoms with E-state index >= 15 is 0 Å².